The van der Waals surface area contributed by atoms with Gasteiger partial charge in [-0.2, -0.15) is 15.5 Å². The molecule has 0 atom stereocenters. The Balaban J connectivity index is 1.98. The van der Waals surface area contributed by atoms with Crippen molar-refractivity contribution < 1.29 is 18.3 Å². The van der Waals surface area contributed by atoms with E-state index < -0.39 is 23.4 Å². The Bertz CT molecular complexity index is 1020. The van der Waals surface area contributed by atoms with E-state index >= 15 is 0 Å². The second-order valence-electron chi connectivity index (χ2n) is 5.46. The summed E-state index contributed by atoms with van der Waals surface area (Å²) in [5.74, 6) is -2.60. The van der Waals surface area contributed by atoms with Crippen LogP contribution in [0.5, 0.6) is 23.3 Å². The van der Waals surface area contributed by atoms with Crippen LogP contribution in [0.3, 0.4) is 0 Å². The minimum Gasteiger partial charge on any atom is -0.436 e. The van der Waals surface area contributed by atoms with Crippen LogP contribution < -0.4 is 9.47 Å². The van der Waals surface area contributed by atoms with E-state index in [4.69, 9.17) is 20.0 Å². The van der Waals surface area contributed by atoms with Gasteiger partial charge >= 0.3 is 0 Å². The summed E-state index contributed by atoms with van der Waals surface area (Å²) < 4.78 is 39.5. The molecular weight excluding hydrogens is 356 g/mol. The first-order valence-electron chi connectivity index (χ1n) is 7.73. The lowest BCUT2D eigenvalue weighted by molar-refractivity contribution is 0.373. The van der Waals surface area contributed by atoms with Gasteiger partial charge in [-0.25, -0.2) is 8.78 Å². The first-order valence-corrected chi connectivity index (χ1v) is 7.73. The van der Waals surface area contributed by atoms with Gasteiger partial charge in [0.15, 0.2) is 11.6 Å². The molecule has 0 bridgehead atoms. The van der Waals surface area contributed by atoms with Crippen molar-refractivity contribution in [3.63, 3.8) is 0 Å². The number of halogens is 2. The zero-order valence-corrected chi connectivity index (χ0v) is 14.0. The van der Waals surface area contributed by atoms with E-state index in [1.54, 1.807) is 24.3 Å². The lowest BCUT2D eigenvalue weighted by Crippen LogP contribution is -2.02. The fourth-order valence-electron chi connectivity index (χ4n) is 2.22. The Morgan fingerprint density at radius 3 is 1.67 bits per heavy atom. The Hall–Kier alpha value is -3.97. The molecule has 0 aliphatic carbocycles. The van der Waals surface area contributed by atoms with E-state index in [2.05, 4.69) is 4.98 Å². The van der Waals surface area contributed by atoms with E-state index in [0.29, 0.717) is 11.1 Å². The number of nitrogens with zero attached hydrogens (tertiary/aromatic N) is 3. The number of aromatic nitrogens is 1. The second kappa shape index (κ2) is 7.51. The van der Waals surface area contributed by atoms with Crippen LogP contribution >= 0.6 is 0 Å². The molecule has 0 fully saturated rings. The number of ether oxygens (including phenoxy) is 2. The average Bonchev–Trinajstić information content (AvgIpc) is 2.70. The molecule has 5 nitrogen and oxygen atoms in total. The monoisotopic (exact) mass is 367 g/mol. The van der Waals surface area contributed by atoms with Crippen LogP contribution in [-0.4, -0.2) is 4.98 Å². The van der Waals surface area contributed by atoms with Gasteiger partial charge in [-0.1, -0.05) is 12.1 Å². The van der Waals surface area contributed by atoms with Crippen molar-refractivity contribution in [2.24, 2.45) is 0 Å². The molecule has 3 aromatic rings. The highest BCUT2D eigenvalue weighted by molar-refractivity contribution is 5.42. The molecule has 1 aromatic heterocycles. The van der Waals surface area contributed by atoms with E-state index in [9.17, 15) is 8.78 Å². The molecule has 2 aromatic carbocycles. The zero-order chi connectivity index (χ0) is 19.4. The van der Waals surface area contributed by atoms with Crippen molar-refractivity contribution in [2.45, 2.75) is 6.92 Å². The van der Waals surface area contributed by atoms with Gasteiger partial charge in [-0.3, -0.25) is 0 Å². The summed E-state index contributed by atoms with van der Waals surface area (Å²) in [4.78, 5) is 3.77. The number of nitriles is 2. The van der Waals surface area contributed by atoms with Crippen molar-refractivity contribution in [3.05, 3.63) is 76.9 Å². The van der Waals surface area contributed by atoms with E-state index in [1.165, 1.54) is 31.2 Å². The lowest BCUT2D eigenvalue weighted by Gasteiger charge is -2.12. The minimum atomic E-state index is -0.979. The van der Waals surface area contributed by atoms with E-state index in [-0.39, 0.29) is 17.1 Å². The molecule has 0 spiro atoms. The molecular formula is C20H11F2N3O2. The van der Waals surface area contributed by atoms with Gasteiger partial charge in [-0.05, 0) is 43.3 Å². The Labute approximate surface area is 153 Å². The maximum atomic E-state index is 14.4. The highest BCUT2D eigenvalue weighted by Crippen LogP contribution is 2.32. The van der Waals surface area contributed by atoms with Crippen LogP contribution in [-0.2, 0) is 0 Å². The van der Waals surface area contributed by atoms with Crippen molar-refractivity contribution >= 4 is 0 Å². The molecule has 27 heavy (non-hydrogen) atoms. The summed E-state index contributed by atoms with van der Waals surface area (Å²) >= 11 is 0. The maximum absolute atomic E-state index is 14.4. The van der Waals surface area contributed by atoms with Gasteiger partial charge in [0, 0.05) is 5.56 Å². The molecule has 1 heterocycles. The van der Waals surface area contributed by atoms with Gasteiger partial charge in [0.1, 0.15) is 11.5 Å². The first kappa shape index (κ1) is 17.8. The number of benzene rings is 2. The van der Waals surface area contributed by atoms with Crippen LogP contribution in [0.25, 0.3) is 0 Å². The van der Waals surface area contributed by atoms with Gasteiger partial charge in [-0.15, -0.1) is 0 Å². The molecule has 0 aliphatic rings. The van der Waals surface area contributed by atoms with Gasteiger partial charge < -0.3 is 9.47 Å². The standard InChI is InChI=1S/C20H11F2N3O2/c1-12-17(21)19(26-15-6-2-4-13(8-15)10-23)25-20(18(12)22)27-16-7-3-5-14(9-16)11-24/h2-9H,1H3/i10+1,11+1,23+1,24+1. The van der Waals surface area contributed by atoms with Gasteiger partial charge in [0.2, 0.25) is 0 Å². The molecule has 0 N–H and O–H groups in total. The number of pyridine rings is 1. The predicted molar refractivity (Wildman–Crippen MR) is 91.4 cm³/mol. The SMILES string of the molecule is Cc1c(F)c(Oc2cccc([13C]#[15N])c2)nc(Oc2cccc([13C]#[15N])c2)c1F. The average molecular weight is 367 g/mol. The second-order valence-corrected chi connectivity index (χ2v) is 5.46. The minimum absolute atomic E-state index is 0.170. The van der Waals surface area contributed by atoms with Crippen LogP contribution in [0.2, 0.25) is 0 Å². The summed E-state index contributed by atoms with van der Waals surface area (Å²) in [7, 11) is 0. The van der Waals surface area contributed by atoms with E-state index in [0.717, 1.165) is 0 Å². The van der Waals surface area contributed by atoms with Crippen LogP contribution in [0.15, 0.2) is 48.5 Å². The van der Waals surface area contributed by atoms with Gasteiger partial charge in [0.05, 0.1) is 23.3 Å². The largest absolute Gasteiger partial charge is 0.436 e. The molecule has 0 unspecified atom stereocenters. The molecule has 7 heteroatoms. The summed E-state index contributed by atoms with van der Waals surface area (Å²) in [6.07, 6.45) is 0. The van der Waals surface area contributed by atoms with Crippen molar-refractivity contribution in [2.75, 3.05) is 0 Å². The zero-order valence-electron chi connectivity index (χ0n) is 14.0. The Kier molecular flexibility index (Phi) is 4.96. The summed E-state index contributed by atoms with van der Waals surface area (Å²) in [6, 6.07) is 15.9. The smallest absolute Gasteiger partial charge is 0.259 e. The van der Waals surface area contributed by atoms with Crippen LogP contribution in [0, 0.1) is 41.2 Å². The van der Waals surface area contributed by atoms with Gasteiger partial charge in [0.25, 0.3) is 11.8 Å². The molecule has 0 aliphatic heterocycles. The fourth-order valence-corrected chi connectivity index (χ4v) is 2.22. The maximum Gasteiger partial charge on any atom is 0.259 e. The molecule has 0 saturated heterocycles. The Morgan fingerprint density at radius 2 is 1.26 bits per heavy atom. The number of hydrogen-bond donors (Lipinski definition) is 0. The molecule has 0 amide bonds. The number of rotatable bonds is 4. The summed E-state index contributed by atoms with van der Waals surface area (Å²) in [5.41, 5.74) is 0.302. The third kappa shape index (κ3) is 3.83. The number of hydrogen-bond acceptors (Lipinski definition) is 5. The fraction of sp³-hybridized carbons (Fsp3) is 0.0500. The first-order chi connectivity index (χ1) is 13.0. The third-order valence-corrected chi connectivity index (χ3v) is 3.59. The van der Waals surface area contributed by atoms with Crippen LogP contribution in [0.4, 0.5) is 8.78 Å². The third-order valence-electron chi connectivity index (χ3n) is 3.59. The topological polar surface area (TPSA) is 78.9 Å². The van der Waals surface area contributed by atoms with Crippen molar-refractivity contribution in [1.82, 2.24) is 4.98 Å². The van der Waals surface area contributed by atoms with Crippen molar-refractivity contribution in [3.8, 4) is 35.4 Å². The highest BCUT2D eigenvalue weighted by Gasteiger charge is 2.21. The Morgan fingerprint density at radius 1 is 0.815 bits per heavy atom. The van der Waals surface area contributed by atoms with Crippen molar-refractivity contribution in [1.29, 1.82) is 10.5 Å². The molecule has 0 saturated carbocycles. The van der Waals surface area contributed by atoms with Crippen LogP contribution in [0.1, 0.15) is 16.7 Å². The lowest BCUT2D eigenvalue weighted by atomic mass is 10.2. The molecule has 0 radical (unpaired) electrons. The summed E-state index contributed by atoms with van der Waals surface area (Å²) in [6.45, 7) is 1.23. The summed E-state index contributed by atoms with van der Waals surface area (Å²) in [5, 5.41) is 17.9. The predicted octanol–water partition coefficient (Wildman–Crippen LogP) is 5.00. The quantitative estimate of drug-likeness (QED) is 0.479. The normalized spacial score (nSPS) is 9.96. The molecule has 3 rings (SSSR count). The molecule has 132 valence electrons. The highest BCUT2D eigenvalue weighted by atomic mass is 19.1. The van der Waals surface area contributed by atoms with E-state index in [1.807, 2.05) is 12.1 Å².